The minimum absolute atomic E-state index is 0.106. The fourth-order valence-corrected chi connectivity index (χ4v) is 5.50. The SMILES string of the molecule is CCn1nc(C(C)C)cc1C(=O)N1CC[C@@H]2OCc3cccc(c3)Oc3cc(OC)cc(c3)C(=O)NCCCC(=O)N[C@H]2C1. The van der Waals surface area contributed by atoms with Gasteiger partial charge in [-0.15, -0.1) is 0 Å². The van der Waals surface area contributed by atoms with Gasteiger partial charge in [-0.2, -0.15) is 5.10 Å². The Morgan fingerprint density at radius 2 is 1.98 bits per heavy atom. The van der Waals surface area contributed by atoms with Gasteiger partial charge in [0.05, 0.1) is 31.6 Å². The molecule has 2 aliphatic heterocycles. The average molecular weight is 604 g/mol. The molecule has 2 atom stereocenters. The summed E-state index contributed by atoms with van der Waals surface area (Å²) in [4.78, 5) is 41.4. The number of nitrogens with zero attached hydrogens (tertiary/aromatic N) is 3. The second-order valence-electron chi connectivity index (χ2n) is 11.5. The Bertz CT molecular complexity index is 1500. The summed E-state index contributed by atoms with van der Waals surface area (Å²) in [5, 5.41) is 10.6. The molecule has 5 rings (SSSR count). The molecule has 0 saturated carbocycles. The molecular weight excluding hydrogens is 562 g/mol. The van der Waals surface area contributed by atoms with Crippen molar-refractivity contribution in [2.45, 2.75) is 71.2 Å². The molecule has 234 valence electrons. The molecule has 3 amide bonds. The lowest BCUT2D eigenvalue weighted by Gasteiger charge is -2.38. The third-order valence-electron chi connectivity index (χ3n) is 7.93. The van der Waals surface area contributed by atoms with Crippen LogP contribution in [0.3, 0.4) is 0 Å². The molecule has 0 unspecified atom stereocenters. The van der Waals surface area contributed by atoms with Gasteiger partial charge in [-0.3, -0.25) is 19.1 Å². The van der Waals surface area contributed by atoms with E-state index in [-0.39, 0.29) is 36.2 Å². The van der Waals surface area contributed by atoms with Crippen LogP contribution in [-0.2, 0) is 22.7 Å². The summed E-state index contributed by atoms with van der Waals surface area (Å²) in [6.07, 6.45) is 0.929. The minimum atomic E-state index is -0.400. The van der Waals surface area contributed by atoms with Gasteiger partial charge >= 0.3 is 0 Å². The molecule has 0 radical (unpaired) electrons. The van der Waals surface area contributed by atoms with E-state index in [2.05, 4.69) is 29.6 Å². The Labute approximate surface area is 257 Å². The van der Waals surface area contributed by atoms with Gasteiger partial charge in [0.15, 0.2) is 0 Å². The monoisotopic (exact) mass is 603 g/mol. The van der Waals surface area contributed by atoms with Gasteiger partial charge in [0, 0.05) is 44.2 Å². The minimum Gasteiger partial charge on any atom is -0.497 e. The molecule has 0 spiro atoms. The summed E-state index contributed by atoms with van der Waals surface area (Å²) in [5.74, 6) is 1.21. The van der Waals surface area contributed by atoms with Gasteiger partial charge in [-0.25, -0.2) is 0 Å². The quantitative estimate of drug-likeness (QED) is 0.457. The molecule has 3 heterocycles. The summed E-state index contributed by atoms with van der Waals surface area (Å²) in [6, 6.07) is 14.0. The average Bonchev–Trinajstić information content (AvgIpc) is 3.47. The number of aryl methyl sites for hydroxylation is 1. The van der Waals surface area contributed by atoms with Gasteiger partial charge in [0.2, 0.25) is 5.91 Å². The number of methoxy groups -OCH3 is 1. The highest BCUT2D eigenvalue weighted by Crippen LogP contribution is 2.29. The number of likely N-dealkylation sites (tertiary alicyclic amines) is 1. The lowest BCUT2D eigenvalue weighted by atomic mass is 10.0. The number of fused-ring (bicyclic) bond motifs is 5. The van der Waals surface area contributed by atoms with Gasteiger partial charge in [-0.1, -0.05) is 26.0 Å². The molecule has 1 saturated heterocycles. The van der Waals surface area contributed by atoms with E-state index in [1.165, 1.54) is 7.11 Å². The van der Waals surface area contributed by atoms with Crippen molar-refractivity contribution < 1.29 is 28.6 Å². The largest absolute Gasteiger partial charge is 0.497 e. The van der Waals surface area contributed by atoms with Gasteiger partial charge in [0.25, 0.3) is 11.8 Å². The standard InChI is InChI=1S/C33H41N5O6/c1-5-38-29(18-27(36-38)21(2)3)33(41)37-13-11-30-28(19-37)35-31(39)10-7-12-34-32(40)23-15-25(42-4)17-26(16-23)44-24-9-6-8-22(14-24)20-43-30/h6,8-9,14-18,21,28,30H,5,7,10-13,19-20H2,1-4H3,(H,34,40)(H,35,39)/t28-,30-/m0/s1. The number of ether oxygens (including phenoxy) is 3. The Balaban J connectivity index is 1.36. The van der Waals surface area contributed by atoms with Crippen molar-refractivity contribution in [2.75, 3.05) is 26.7 Å². The zero-order valence-corrected chi connectivity index (χ0v) is 25.8. The predicted octanol–water partition coefficient (Wildman–Crippen LogP) is 4.27. The van der Waals surface area contributed by atoms with Crippen LogP contribution in [0.1, 0.15) is 78.1 Å². The normalized spacial score (nSPS) is 19.6. The Kier molecular flexibility index (Phi) is 9.84. The Morgan fingerprint density at radius 3 is 2.75 bits per heavy atom. The van der Waals surface area contributed by atoms with E-state index >= 15 is 0 Å². The van der Waals surface area contributed by atoms with Crippen LogP contribution in [0.25, 0.3) is 0 Å². The first kappa shape index (κ1) is 31.1. The van der Waals surface area contributed by atoms with Crippen molar-refractivity contribution in [3.8, 4) is 17.2 Å². The number of benzene rings is 2. The van der Waals surface area contributed by atoms with Crippen molar-refractivity contribution in [1.82, 2.24) is 25.3 Å². The number of amides is 3. The molecule has 4 bridgehead atoms. The molecule has 1 fully saturated rings. The molecule has 2 aromatic carbocycles. The van der Waals surface area contributed by atoms with Gasteiger partial charge in [0.1, 0.15) is 22.9 Å². The highest BCUT2D eigenvalue weighted by atomic mass is 16.5. The third-order valence-corrected chi connectivity index (χ3v) is 7.93. The molecule has 44 heavy (non-hydrogen) atoms. The Hall–Kier alpha value is -4.38. The second kappa shape index (κ2) is 13.9. The van der Waals surface area contributed by atoms with Crippen LogP contribution in [0, 0.1) is 0 Å². The fraction of sp³-hybridized carbons (Fsp3) is 0.455. The van der Waals surface area contributed by atoms with Crippen LogP contribution < -0.4 is 20.1 Å². The van der Waals surface area contributed by atoms with Crippen molar-refractivity contribution in [2.24, 2.45) is 0 Å². The number of aromatic nitrogens is 2. The van der Waals surface area contributed by atoms with Crippen LogP contribution in [0.15, 0.2) is 48.5 Å². The first-order chi connectivity index (χ1) is 21.2. The molecule has 11 nitrogen and oxygen atoms in total. The molecular formula is C33H41N5O6. The second-order valence-corrected chi connectivity index (χ2v) is 11.5. The lowest BCUT2D eigenvalue weighted by molar-refractivity contribution is -0.124. The number of hydrogen-bond donors (Lipinski definition) is 2. The number of carbonyl (C=O) groups excluding carboxylic acids is 3. The predicted molar refractivity (Wildman–Crippen MR) is 164 cm³/mol. The van der Waals surface area contributed by atoms with Crippen molar-refractivity contribution in [3.63, 3.8) is 0 Å². The zero-order valence-electron chi connectivity index (χ0n) is 25.8. The van der Waals surface area contributed by atoms with Crippen LogP contribution >= 0.6 is 0 Å². The van der Waals surface area contributed by atoms with Crippen molar-refractivity contribution in [3.05, 3.63) is 71.0 Å². The van der Waals surface area contributed by atoms with E-state index in [0.717, 1.165) is 11.3 Å². The number of piperidine rings is 1. The van der Waals surface area contributed by atoms with Crippen LogP contribution in [0.5, 0.6) is 17.2 Å². The zero-order chi connectivity index (χ0) is 31.2. The first-order valence-electron chi connectivity index (χ1n) is 15.3. The lowest BCUT2D eigenvalue weighted by Crippen LogP contribution is -2.57. The summed E-state index contributed by atoms with van der Waals surface area (Å²) in [6.45, 7) is 8.09. The topological polar surface area (TPSA) is 124 Å². The smallest absolute Gasteiger partial charge is 0.272 e. The third kappa shape index (κ3) is 7.39. The van der Waals surface area contributed by atoms with Gasteiger partial charge < -0.3 is 29.7 Å². The van der Waals surface area contributed by atoms with E-state index < -0.39 is 6.04 Å². The highest BCUT2D eigenvalue weighted by Gasteiger charge is 2.35. The van der Waals surface area contributed by atoms with Crippen LogP contribution in [-0.4, -0.2) is 71.3 Å². The molecule has 0 aliphatic carbocycles. The Morgan fingerprint density at radius 1 is 1.14 bits per heavy atom. The summed E-state index contributed by atoms with van der Waals surface area (Å²) in [7, 11) is 1.53. The van der Waals surface area contributed by atoms with Crippen molar-refractivity contribution >= 4 is 17.7 Å². The maximum Gasteiger partial charge on any atom is 0.272 e. The van der Waals surface area contributed by atoms with Crippen LogP contribution in [0.2, 0.25) is 0 Å². The number of rotatable bonds is 4. The number of carbonyl (C=O) groups is 3. The fourth-order valence-electron chi connectivity index (χ4n) is 5.50. The molecule has 11 heteroatoms. The van der Waals surface area contributed by atoms with E-state index in [9.17, 15) is 14.4 Å². The van der Waals surface area contributed by atoms with E-state index in [0.29, 0.717) is 74.1 Å². The number of hydrogen-bond acceptors (Lipinski definition) is 7. The van der Waals surface area contributed by atoms with Gasteiger partial charge in [-0.05, 0) is 61.6 Å². The molecule has 2 aliphatic rings. The summed E-state index contributed by atoms with van der Waals surface area (Å²) < 4.78 is 19.6. The van der Waals surface area contributed by atoms with E-state index in [4.69, 9.17) is 14.2 Å². The van der Waals surface area contributed by atoms with Crippen LogP contribution in [0.4, 0.5) is 0 Å². The maximum absolute atomic E-state index is 13.7. The summed E-state index contributed by atoms with van der Waals surface area (Å²) >= 11 is 0. The van der Waals surface area contributed by atoms with E-state index in [1.807, 2.05) is 37.3 Å². The first-order valence-corrected chi connectivity index (χ1v) is 15.3. The molecule has 3 aromatic rings. The highest BCUT2D eigenvalue weighted by molar-refractivity contribution is 5.95. The number of nitrogens with one attached hydrogen (secondary N) is 2. The molecule has 2 N–H and O–H groups in total. The maximum atomic E-state index is 13.7. The molecule has 1 aromatic heterocycles. The van der Waals surface area contributed by atoms with Crippen molar-refractivity contribution in [1.29, 1.82) is 0 Å². The summed E-state index contributed by atoms with van der Waals surface area (Å²) in [5.41, 5.74) is 2.71. The van der Waals surface area contributed by atoms with E-state index in [1.54, 1.807) is 27.8 Å².